The fourth-order valence-corrected chi connectivity index (χ4v) is 2.95. The summed E-state index contributed by atoms with van der Waals surface area (Å²) in [7, 11) is 0. The predicted molar refractivity (Wildman–Crippen MR) is 100 cm³/mol. The lowest BCUT2D eigenvalue weighted by atomic mass is 10.0. The smallest absolute Gasteiger partial charge is 0.260 e. The topological polar surface area (TPSA) is 50.8 Å². The van der Waals surface area contributed by atoms with Gasteiger partial charge in [-0.25, -0.2) is 0 Å². The van der Waals surface area contributed by atoms with E-state index in [2.05, 4.69) is 36.2 Å². The van der Waals surface area contributed by atoms with Gasteiger partial charge in [-0.1, -0.05) is 26.0 Å². The van der Waals surface area contributed by atoms with Gasteiger partial charge in [0.15, 0.2) is 6.10 Å². The van der Waals surface area contributed by atoms with E-state index < -0.39 is 6.10 Å². The molecule has 1 aromatic rings. The number of carbonyl (C=O) groups is 1. The lowest BCUT2D eigenvalue weighted by Crippen LogP contribution is -2.40. The van der Waals surface area contributed by atoms with Crippen LogP contribution in [0.1, 0.15) is 44.2 Å². The molecule has 1 atom stereocenters. The zero-order chi connectivity index (χ0) is 18.2. The Hall–Kier alpha value is -1.59. The normalized spacial score (nSPS) is 16.7. The van der Waals surface area contributed by atoms with E-state index in [0.29, 0.717) is 12.5 Å². The number of hydrogen-bond acceptors (Lipinski definition) is 4. The van der Waals surface area contributed by atoms with Crippen molar-refractivity contribution in [2.75, 3.05) is 39.4 Å². The second-order valence-electron chi connectivity index (χ2n) is 7.05. The number of hydrogen-bond donors (Lipinski definition) is 1. The number of rotatable bonds is 8. The number of amides is 1. The first kappa shape index (κ1) is 19.7. The van der Waals surface area contributed by atoms with Gasteiger partial charge in [0.2, 0.25) is 0 Å². The van der Waals surface area contributed by atoms with Gasteiger partial charge in [0, 0.05) is 19.6 Å². The first-order valence-electron chi connectivity index (χ1n) is 9.32. The summed E-state index contributed by atoms with van der Waals surface area (Å²) in [6, 6.07) is 6.18. The van der Waals surface area contributed by atoms with Gasteiger partial charge in [-0.3, -0.25) is 9.69 Å². The zero-order valence-electron chi connectivity index (χ0n) is 16.0. The quantitative estimate of drug-likeness (QED) is 0.734. The number of aryl methyl sites for hydroxylation is 1. The van der Waals surface area contributed by atoms with E-state index in [1.54, 1.807) is 0 Å². The molecular formula is C20H32N2O3. The molecule has 0 spiro atoms. The molecule has 0 unspecified atom stereocenters. The summed E-state index contributed by atoms with van der Waals surface area (Å²) in [4.78, 5) is 14.7. The molecule has 0 aliphatic carbocycles. The summed E-state index contributed by atoms with van der Waals surface area (Å²) < 4.78 is 11.3. The van der Waals surface area contributed by atoms with Crippen molar-refractivity contribution in [1.29, 1.82) is 0 Å². The van der Waals surface area contributed by atoms with Crippen LogP contribution in [0.2, 0.25) is 0 Å². The zero-order valence-corrected chi connectivity index (χ0v) is 16.0. The second-order valence-corrected chi connectivity index (χ2v) is 7.05. The Kier molecular flexibility index (Phi) is 7.72. The molecule has 5 heteroatoms. The Morgan fingerprint density at radius 1 is 1.28 bits per heavy atom. The molecule has 140 valence electrons. The van der Waals surface area contributed by atoms with Crippen LogP contribution in [-0.4, -0.2) is 56.3 Å². The van der Waals surface area contributed by atoms with Crippen LogP contribution in [0.25, 0.3) is 0 Å². The van der Waals surface area contributed by atoms with Gasteiger partial charge in [0.25, 0.3) is 5.91 Å². The molecule has 0 aromatic heterocycles. The van der Waals surface area contributed by atoms with E-state index in [9.17, 15) is 4.79 Å². The predicted octanol–water partition coefficient (Wildman–Crippen LogP) is 2.72. The molecule has 5 nitrogen and oxygen atoms in total. The van der Waals surface area contributed by atoms with Gasteiger partial charge in [-0.15, -0.1) is 0 Å². The maximum Gasteiger partial charge on any atom is 0.260 e. The lowest BCUT2D eigenvalue weighted by molar-refractivity contribution is -0.127. The summed E-state index contributed by atoms with van der Waals surface area (Å²) in [6.45, 7) is 13.4. The molecule has 1 aliphatic rings. The molecule has 1 heterocycles. The molecule has 1 amide bonds. The van der Waals surface area contributed by atoms with E-state index in [1.165, 1.54) is 0 Å². The van der Waals surface area contributed by atoms with Crippen LogP contribution in [0.3, 0.4) is 0 Å². The summed E-state index contributed by atoms with van der Waals surface area (Å²) in [6.07, 6.45) is 0.447. The summed E-state index contributed by atoms with van der Waals surface area (Å²) in [5.74, 6) is 1.11. The minimum atomic E-state index is -0.498. The van der Waals surface area contributed by atoms with Crippen LogP contribution in [0.4, 0.5) is 0 Å². The number of carbonyl (C=O) groups excluding carboxylic acids is 1. The first-order chi connectivity index (χ1) is 12.0. The third-order valence-electron chi connectivity index (χ3n) is 4.52. The SMILES string of the molecule is Cc1ccc(C(C)C)c(O[C@@H](C)C(=O)NCCCN2CCOCC2)c1. The van der Waals surface area contributed by atoms with Crippen molar-refractivity contribution in [2.45, 2.75) is 46.1 Å². The highest BCUT2D eigenvalue weighted by Gasteiger charge is 2.17. The summed E-state index contributed by atoms with van der Waals surface area (Å²) in [5, 5.41) is 2.98. The van der Waals surface area contributed by atoms with Crippen LogP contribution in [0.15, 0.2) is 18.2 Å². The average molecular weight is 348 g/mol. The Morgan fingerprint density at radius 2 is 2.00 bits per heavy atom. The Morgan fingerprint density at radius 3 is 2.68 bits per heavy atom. The maximum atomic E-state index is 12.3. The van der Waals surface area contributed by atoms with Crippen molar-refractivity contribution < 1.29 is 14.3 Å². The maximum absolute atomic E-state index is 12.3. The van der Waals surface area contributed by atoms with Gasteiger partial charge in [-0.05, 0) is 49.9 Å². The van der Waals surface area contributed by atoms with E-state index >= 15 is 0 Å². The van der Waals surface area contributed by atoms with Gasteiger partial charge in [0.1, 0.15) is 5.75 Å². The summed E-state index contributed by atoms with van der Waals surface area (Å²) in [5.41, 5.74) is 2.27. The van der Waals surface area contributed by atoms with E-state index in [-0.39, 0.29) is 5.91 Å². The van der Waals surface area contributed by atoms with Crippen molar-refractivity contribution in [2.24, 2.45) is 0 Å². The molecule has 0 saturated carbocycles. The number of ether oxygens (including phenoxy) is 2. The number of nitrogens with zero attached hydrogens (tertiary/aromatic N) is 1. The molecule has 0 radical (unpaired) electrons. The molecule has 1 saturated heterocycles. The average Bonchev–Trinajstić information content (AvgIpc) is 2.59. The number of benzene rings is 1. The molecule has 25 heavy (non-hydrogen) atoms. The molecule has 2 rings (SSSR count). The van der Waals surface area contributed by atoms with Crippen molar-refractivity contribution in [3.8, 4) is 5.75 Å². The van der Waals surface area contributed by atoms with Gasteiger partial charge in [0.05, 0.1) is 13.2 Å². The highest BCUT2D eigenvalue weighted by Crippen LogP contribution is 2.28. The third kappa shape index (κ3) is 6.33. The van der Waals surface area contributed by atoms with Gasteiger partial charge >= 0.3 is 0 Å². The molecule has 1 aromatic carbocycles. The summed E-state index contributed by atoms with van der Waals surface area (Å²) >= 11 is 0. The molecule has 0 bridgehead atoms. The third-order valence-corrected chi connectivity index (χ3v) is 4.52. The lowest BCUT2D eigenvalue weighted by Gasteiger charge is -2.26. The molecular weight excluding hydrogens is 316 g/mol. The fourth-order valence-electron chi connectivity index (χ4n) is 2.95. The van der Waals surface area contributed by atoms with Crippen molar-refractivity contribution >= 4 is 5.91 Å². The Balaban J connectivity index is 1.77. The van der Waals surface area contributed by atoms with E-state index in [0.717, 1.165) is 56.1 Å². The Bertz CT molecular complexity index is 554. The Labute approximate surface area is 151 Å². The van der Waals surface area contributed by atoms with Crippen LogP contribution in [-0.2, 0) is 9.53 Å². The number of nitrogens with one attached hydrogen (secondary N) is 1. The van der Waals surface area contributed by atoms with Crippen molar-refractivity contribution in [3.63, 3.8) is 0 Å². The largest absolute Gasteiger partial charge is 0.481 e. The highest BCUT2D eigenvalue weighted by atomic mass is 16.5. The highest BCUT2D eigenvalue weighted by molar-refractivity contribution is 5.80. The molecule has 1 fully saturated rings. The van der Waals surface area contributed by atoms with Crippen LogP contribution < -0.4 is 10.1 Å². The first-order valence-corrected chi connectivity index (χ1v) is 9.32. The standard InChI is InChI=1S/C20H32N2O3/c1-15(2)18-7-6-16(3)14-19(18)25-17(4)20(23)21-8-5-9-22-10-12-24-13-11-22/h6-7,14-15,17H,5,8-13H2,1-4H3,(H,21,23)/t17-/m0/s1. The molecule has 1 aliphatic heterocycles. The second kappa shape index (κ2) is 9.78. The van der Waals surface area contributed by atoms with Crippen LogP contribution in [0, 0.1) is 6.92 Å². The van der Waals surface area contributed by atoms with Crippen molar-refractivity contribution in [1.82, 2.24) is 10.2 Å². The fraction of sp³-hybridized carbons (Fsp3) is 0.650. The monoisotopic (exact) mass is 348 g/mol. The van der Waals surface area contributed by atoms with Gasteiger partial charge in [-0.2, -0.15) is 0 Å². The van der Waals surface area contributed by atoms with E-state index in [4.69, 9.17) is 9.47 Å². The van der Waals surface area contributed by atoms with Crippen LogP contribution >= 0.6 is 0 Å². The number of morpholine rings is 1. The van der Waals surface area contributed by atoms with Crippen molar-refractivity contribution in [3.05, 3.63) is 29.3 Å². The van der Waals surface area contributed by atoms with Gasteiger partial charge < -0.3 is 14.8 Å². The van der Waals surface area contributed by atoms with Crippen LogP contribution in [0.5, 0.6) is 5.75 Å². The van der Waals surface area contributed by atoms with E-state index in [1.807, 2.05) is 19.9 Å². The minimum absolute atomic E-state index is 0.0572. The molecule has 1 N–H and O–H groups in total. The minimum Gasteiger partial charge on any atom is -0.481 e.